The molecule has 2 unspecified atom stereocenters. The quantitative estimate of drug-likeness (QED) is 0.676. The van der Waals surface area contributed by atoms with Gasteiger partial charge in [-0.2, -0.15) is 0 Å². The van der Waals surface area contributed by atoms with Crippen molar-refractivity contribution >= 4 is 0 Å². The van der Waals surface area contributed by atoms with Gasteiger partial charge >= 0.3 is 0 Å². The van der Waals surface area contributed by atoms with Crippen LogP contribution in [0.4, 0.5) is 8.78 Å². The highest BCUT2D eigenvalue weighted by Gasteiger charge is 2.46. The third-order valence-corrected chi connectivity index (χ3v) is 3.00. The first-order valence-electron chi connectivity index (χ1n) is 4.89. The zero-order valence-corrected chi connectivity index (χ0v) is 7.56. The Bertz CT molecular complexity index is 180. The van der Waals surface area contributed by atoms with Crippen LogP contribution in [0.5, 0.6) is 0 Å². The van der Waals surface area contributed by atoms with Crippen LogP contribution in [0, 0.1) is 5.92 Å². The standard InChI is InChI=1S/C9H15F2NO/c10-9(11)3-5-13-6-7(9)8-2-1-4-12-8/h7-8,12H,1-6H2. The summed E-state index contributed by atoms with van der Waals surface area (Å²) in [5, 5.41) is 3.12. The van der Waals surface area contributed by atoms with Crippen LogP contribution in [0.15, 0.2) is 0 Å². The Kier molecular flexibility index (Phi) is 2.51. The summed E-state index contributed by atoms with van der Waals surface area (Å²) < 4.78 is 31.9. The largest absolute Gasteiger partial charge is 0.381 e. The van der Waals surface area contributed by atoms with Gasteiger partial charge in [0.2, 0.25) is 0 Å². The maximum absolute atomic E-state index is 13.4. The summed E-state index contributed by atoms with van der Waals surface area (Å²) in [6.07, 6.45) is 1.76. The summed E-state index contributed by atoms with van der Waals surface area (Å²) >= 11 is 0. The van der Waals surface area contributed by atoms with E-state index >= 15 is 0 Å². The molecule has 2 heterocycles. The van der Waals surface area contributed by atoms with E-state index in [0.29, 0.717) is 0 Å². The number of hydrogen-bond donors (Lipinski definition) is 1. The van der Waals surface area contributed by atoms with Gasteiger partial charge in [0.25, 0.3) is 5.92 Å². The highest BCUT2D eigenvalue weighted by atomic mass is 19.3. The molecular formula is C9H15F2NO. The fraction of sp³-hybridized carbons (Fsp3) is 1.00. The summed E-state index contributed by atoms with van der Waals surface area (Å²) in [4.78, 5) is 0. The van der Waals surface area contributed by atoms with Gasteiger partial charge < -0.3 is 10.1 Å². The van der Waals surface area contributed by atoms with Crippen LogP contribution in [0.1, 0.15) is 19.3 Å². The topological polar surface area (TPSA) is 21.3 Å². The monoisotopic (exact) mass is 191 g/mol. The summed E-state index contributed by atoms with van der Waals surface area (Å²) in [6.45, 7) is 1.29. The van der Waals surface area contributed by atoms with Crippen molar-refractivity contribution in [2.24, 2.45) is 5.92 Å². The maximum Gasteiger partial charge on any atom is 0.256 e. The molecule has 0 radical (unpaired) electrons. The molecule has 0 aromatic carbocycles. The van der Waals surface area contributed by atoms with E-state index in [1.807, 2.05) is 0 Å². The summed E-state index contributed by atoms with van der Waals surface area (Å²) in [5.41, 5.74) is 0. The van der Waals surface area contributed by atoms with Gasteiger partial charge in [0, 0.05) is 12.5 Å². The Morgan fingerprint density at radius 3 is 2.85 bits per heavy atom. The molecular weight excluding hydrogens is 176 g/mol. The molecule has 2 rings (SSSR count). The van der Waals surface area contributed by atoms with Gasteiger partial charge in [0.15, 0.2) is 0 Å². The van der Waals surface area contributed by atoms with Gasteiger partial charge in [-0.3, -0.25) is 0 Å². The van der Waals surface area contributed by atoms with Crippen molar-refractivity contribution in [1.29, 1.82) is 0 Å². The van der Waals surface area contributed by atoms with E-state index in [2.05, 4.69) is 5.32 Å². The zero-order chi connectivity index (χ0) is 9.31. The number of ether oxygens (including phenoxy) is 1. The maximum atomic E-state index is 13.4. The lowest BCUT2D eigenvalue weighted by atomic mass is 9.89. The van der Waals surface area contributed by atoms with Gasteiger partial charge in [0.1, 0.15) is 0 Å². The number of nitrogens with one attached hydrogen (secondary N) is 1. The third kappa shape index (κ3) is 1.83. The second-order valence-electron chi connectivity index (χ2n) is 3.90. The first kappa shape index (κ1) is 9.34. The predicted octanol–water partition coefficient (Wildman–Crippen LogP) is 1.41. The van der Waals surface area contributed by atoms with Gasteiger partial charge in [0.05, 0.1) is 19.1 Å². The Morgan fingerprint density at radius 1 is 1.38 bits per heavy atom. The average Bonchev–Trinajstić information content (AvgIpc) is 2.55. The molecule has 0 spiro atoms. The minimum absolute atomic E-state index is 0.0321. The Morgan fingerprint density at radius 2 is 2.23 bits per heavy atom. The lowest BCUT2D eigenvalue weighted by Crippen LogP contribution is -2.48. The van der Waals surface area contributed by atoms with Crippen molar-refractivity contribution in [3.8, 4) is 0 Å². The summed E-state index contributed by atoms with van der Waals surface area (Å²) in [6, 6.07) is -0.0321. The molecule has 2 nitrogen and oxygen atoms in total. The predicted molar refractivity (Wildman–Crippen MR) is 44.9 cm³/mol. The van der Waals surface area contributed by atoms with E-state index in [1.165, 1.54) is 0 Å². The summed E-state index contributed by atoms with van der Waals surface area (Å²) in [7, 11) is 0. The normalized spacial score (nSPS) is 39.2. The molecule has 0 saturated carbocycles. The van der Waals surface area contributed by atoms with Crippen LogP contribution >= 0.6 is 0 Å². The lowest BCUT2D eigenvalue weighted by Gasteiger charge is -2.35. The van der Waals surface area contributed by atoms with Crippen LogP contribution in [-0.4, -0.2) is 31.7 Å². The molecule has 2 atom stereocenters. The Balaban J connectivity index is 2.02. The van der Waals surface area contributed by atoms with Crippen molar-refractivity contribution in [2.75, 3.05) is 19.8 Å². The van der Waals surface area contributed by atoms with E-state index in [0.717, 1.165) is 19.4 Å². The van der Waals surface area contributed by atoms with Crippen molar-refractivity contribution in [3.05, 3.63) is 0 Å². The Hall–Kier alpha value is -0.220. The fourth-order valence-corrected chi connectivity index (χ4v) is 2.19. The van der Waals surface area contributed by atoms with Crippen LogP contribution in [0.3, 0.4) is 0 Å². The zero-order valence-electron chi connectivity index (χ0n) is 7.56. The molecule has 2 aliphatic heterocycles. The minimum Gasteiger partial charge on any atom is -0.381 e. The van der Waals surface area contributed by atoms with Crippen molar-refractivity contribution in [3.63, 3.8) is 0 Å². The molecule has 4 heteroatoms. The highest BCUT2D eigenvalue weighted by Crippen LogP contribution is 2.36. The first-order chi connectivity index (χ1) is 6.20. The highest BCUT2D eigenvalue weighted by molar-refractivity contribution is 4.91. The fourth-order valence-electron chi connectivity index (χ4n) is 2.19. The molecule has 2 aliphatic rings. The first-order valence-corrected chi connectivity index (χ1v) is 4.89. The number of halogens is 2. The van der Waals surface area contributed by atoms with E-state index in [4.69, 9.17) is 4.74 Å². The molecule has 2 saturated heterocycles. The number of rotatable bonds is 1. The molecule has 0 amide bonds. The number of hydrogen-bond acceptors (Lipinski definition) is 2. The molecule has 13 heavy (non-hydrogen) atoms. The molecule has 0 aromatic heterocycles. The van der Waals surface area contributed by atoms with Crippen molar-refractivity contribution in [2.45, 2.75) is 31.2 Å². The van der Waals surface area contributed by atoms with E-state index in [1.54, 1.807) is 0 Å². The van der Waals surface area contributed by atoms with Crippen molar-refractivity contribution < 1.29 is 13.5 Å². The van der Waals surface area contributed by atoms with E-state index in [-0.39, 0.29) is 25.7 Å². The minimum atomic E-state index is -2.53. The second-order valence-corrected chi connectivity index (χ2v) is 3.90. The van der Waals surface area contributed by atoms with Gasteiger partial charge in [-0.15, -0.1) is 0 Å². The van der Waals surface area contributed by atoms with Gasteiger partial charge in [-0.1, -0.05) is 0 Å². The van der Waals surface area contributed by atoms with Crippen LogP contribution in [-0.2, 0) is 4.74 Å². The van der Waals surface area contributed by atoms with Crippen LogP contribution in [0.25, 0.3) is 0 Å². The van der Waals surface area contributed by atoms with Crippen molar-refractivity contribution in [1.82, 2.24) is 5.32 Å². The third-order valence-electron chi connectivity index (χ3n) is 3.00. The molecule has 76 valence electrons. The second kappa shape index (κ2) is 3.50. The lowest BCUT2D eigenvalue weighted by molar-refractivity contribution is -0.149. The molecule has 0 aromatic rings. The van der Waals surface area contributed by atoms with E-state index in [9.17, 15) is 8.78 Å². The van der Waals surface area contributed by atoms with Gasteiger partial charge in [-0.05, 0) is 19.4 Å². The molecule has 1 N–H and O–H groups in total. The van der Waals surface area contributed by atoms with Crippen LogP contribution in [0.2, 0.25) is 0 Å². The molecule has 2 fully saturated rings. The Labute approximate surface area is 76.6 Å². The molecule has 0 aliphatic carbocycles. The van der Waals surface area contributed by atoms with Gasteiger partial charge in [-0.25, -0.2) is 8.78 Å². The smallest absolute Gasteiger partial charge is 0.256 e. The van der Waals surface area contributed by atoms with E-state index < -0.39 is 11.8 Å². The van der Waals surface area contributed by atoms with Crippen LogP contribution < -0.4 is 5.32 Å². The average molecular weight is 191 g/mol. The molecule has 0 bridgehead atoms. The number of alkyl halides is 2. The SMILES string of the molecule is FC1(F)CCOCC1C1CCCN1. The summed E-state index contributed by atoms with van der Waals surface area (Å²) in [5.74, 6) is -3.14.